The Balaban J connectivity index is 1.41. The Bertz CT molecular complexity index is 992. The number of amides is 1. The molecule has 1 aliphatic heterocycles. The third-order valence-electron chi connectivity index (χ3n) is 4.35. The summed E-state index contributed by atoms with van der Waals surface area (Å²) in [6.45, 7) is 2.22. The van der Waals surface area contributed by atoms with Gasteiger partial charge in [0.15, 0.2) is 5.96 Å². The van der Waals surface area contributed by atoms with E-state index >= 15 is 0 Å². The summed E-state index contributed by atoms with van der Waals surface area (Å²) >= 11 is 0. The molecule has 9 nitrogen and oxygen atoms in total. The minimum Gasteiger partial charge on any atom is -0.354 e. The van der Waals surface area contributed by atoms with Crippen molar-refractivity contribution in [1.82, 2.24) is 25.7 Å². The van der Waals surface area contributed by atoms with E-state index in [9.17, 15) is 4.79 Å². The van der Waals surface area contributed by atoms with Crippen LogP contribution in [0.25, 0.3) is 11.3 Å². The number of aliphatic imine (C=N–C) groups is 1. The molecular weight excluding hydrogens is 356 g/mol. The highest BCUT2D eigenvalue weighted by atomic mass is 16.2. The molecule has 1 aliphatic rings. The normalized spacial score (nSPS) is 13.0. The van der Waals surface area contributed by atoms with Crippen molar-refractivity contribution in [1.29, 1.82) is 0 Å². The molecule has 142 valence electrons. The summed E-state index contributed by atoms with van der Waals surface area (Å²) in [5.74, 6) is 5.62. The zero-order valence-electron chi connectivity index (χ0n) is 15.1. The molecule has 9 heteroatoms. The van der Waals surface area contributed by atoms with Crippen LogP contribution in [0.1, 0.15) is 15.9 Å². The van der Waals surface area contributed by atoms with Gasteiger partial charge in [0.2, 0.25) is 0 Å². The molecule has 0 fully saturated rings. The number of nitrogens with zero attached hydrogens (tertiary/aromatic N) is 4. The molecule has 1 aromatic heterocycles. The summed E-state index contributed by atoms with van der Waals surface area (Å²) in [5.41, 5.74) is 6.37. The number of benzene rings is 2. The second kappa shape index (κ2) is 7.89. The Morgan fingerprint density at radius 3 is 2.61 bits per heavy atom. The summed E-state index contributed by atoms with van der Waals surface area (Å²) in [7, 11) is 0. The van der Waals surface area contributed by atoms with Crippen molar-refractivity contribution >= 4 is 17.6 Å². The molecule has 3 aromatic rings. The van der Waals surface area contributed by atoms with Gasteiger partial charge in [-0.3, -0.25) is 15.2 Å². The second-order valence-electron chi connectivity index (χ2n) is 6.33. The van der Waals surface area contributed by atoms with E-state index in [2.05, 4.69) is 31.4 Å². The van der Waals surface area contributed by atoms with Crippen molar-refractivity contribution in [2.75, 3.05) is 18.4 Å². The number of nitrogens with two attached hydrogens (primary N) is 1. The van der Waals surface area contributed by atoms with Gasteiger partial charge in [-0.1, -0.05) is 29.5 Å². The number of rotatable bonds is 5. The van der Waals surface area contributed by atoms with E-state index in [1.54, 1.807) is 16.8 Å². The number of carbonyl (C=O) groups is 1. The summed E-state index contributed by atoms with van der Waals surface area (Å²) < 4.78 is 1.76. The van der Waals surface area contributed by atoms with Crippen molar-refractivity contribution in [2.45, 2.75) is 6.54 Å². The fraction of sp³-hybridized carbons (Fsp3) is 0.158. The van der Waals surface area contributed by atoms with Crippen molar-refractivity contribution in [3.05, 3.63) is 65.9 Å². The van der Waals surface area contributed by atoms with Crippen molar-refractivity contribution in [3.8, 4) is 11.3 Å². The van der Waals surface area contributed by atoms with Crippen LogP contribution in [0.4, 0.5) is 5.69 Å². The van der Waals surface area contributed by atoms with Crippen LogP contribution < -0.4 is 21.9 Å². The van der Waals surface area contributed by atoms with Crippen LogP contribution in [0.5, 0.6) is 0 Å². The highest BCUT2D eigenvalue weighted by Crippen LogP contribution is 2.19. The second-order valence-corrected chi connectivity index (χ2v) is 6.33. The van der Waals surface area contributed by atoms with Crippen LogP contribution in [-0.2, 0) is 6.54 Å². The minimum atomic E-state index is -0.316. The number of carbonyl (C=O) groups excluding carboxylic acids is 1. The fourth-order valence-electron chi connectivity index (χ4n) is 2.88. The number of aromatic nitrogens is 3. The molecule has 0 aliphatic carbocycles. The van der Waals surface area contributed by atoms with Crippen LogP contribution >= 0.6 is 0 Å². The number of nitrogen functional groups attached to an aromatic ring is 1. The van der Waals surface area contributed by atoms with Gasteiger partial charge in [-0.2, -0.15) is 0 Å². The number of hydrazine groups is 1. The van der Waals surface area contributed by atoms with Gasteiger partial charge in [-0.15, -0.1) is 5.10 Å². The average molecular weight is 376 g/mol. The molecular formula is C19H20N8O. The van der Waals surface area contributed by atoms with Crippen molar-refractivity contribution in [3.63, 3.8) is 0 Å². The molecule has 0 unspecified atom stereocenters. The van der Waals surface area contributed by atoms with E-state index in [0.29, 0.717) is 12.1 Å². The van der Waals surface area contributed by atoms with E-state index < -0.39 is 0 Å². The van der Waals surface area contributed by atoms with Crippen LogP contribution in [0.15, 0.2) is 59.7 Å². The Morgan fingerprint density at radius 1 is 1.14 bits per heavy atom. The molecule has 1 amide bonds. The Hall–Kier alpha value is -3.72. The summed E-state index contributed by atoms with van der Waals surface area (Å²) in [6, 6.07) is 15.1. The molecule has 0 bridgehead atoms. The first-order valence-corrected chi connectivity index (χ1v) is 8.87. The lowest BCUT2D eigenvalue weighted by atomic mass is 10.1. The van der Waals surface area contributed by atoms with E-state index in [1.807, 2.05) is 42.6 Å². The molecule has 2 aromatic carbocycles. The summed E-state index contributed by atoms with van der Waals surface area (Å²) in [5, 5.41) is 14.9. The summed E-state index contributed by atoms with van der Waals surface area (Å²) in [4.78, 5) is 15.8. The van der Waals surface area contributed by atoms with Gasteiger partial charge in [0.1, 0.15) is 5.69 Å². The van der Waals surface area contributed by atoms with Gasteiger partial charge in [0.05, 0.1) is 19.3 Å². The predicted molar refractivity (Wildman–Crippen MR) is 107 cm³/mol. The van der Waals surface area contributed by atoms with Crippen molar-refractivity contribution < 1.29 is 4.79 Å². The fourth-order valence-corrected chi connectivity index (χ4v) is 2.88. The van der Waals surface area contributed by atoms with Crippen LogP contribution in [0.2, 0.25) is 0 Å². The van der Waals surface area contributed by atoms with Crippen LogP contribution in [0.3, 0.4) is 0 Å². The predicted octanol–water partition coefficient (Wildman–Crippen LogP) is 0.968. The Kier molecular flexibility index (Phi) is 4.98. The largest absolute Gasteiger partial charge is 0.354 e. The van der Waals surface area contributed by atoms with Gasteiger partial charge in [0, 0.05) is 23.4 Å². The molecule has 0 spiro atoms. The number of guanidine groups is 1. The first-order chi connectivity index (χ1) is 13.7. The minimum absolute atomic E-state index is 0.316. The van der Waals surface area contributed by atoms with Gasteiger partial charge in [-0.05, 0) is 29.8 Å². The molecule has 0 saturated heterocycles. The topological polar surface area (TPSA) is 122 Å². The lowest BCUT2D eigenvalue weighted by Gasteiger charge is -2.06. The SMILES string of the molecule is NNC(=O)c1ccc(Cn2cc(-c3ccc(NC4=NCCN4)cc3)nn2)cc1. The van der Waals surface area contributed by atoms with Gasteiger partial charge in [-0.25, -0.2) is 10.5 Å². The third-order valence-corrected chi connectivity index (χ3v) is 4.35. The third kappa shape index (κ3) is 3.99. The quantitative estimate of drug-likeness (QED) is 0.299. The van der Waals surface area contributed by atoms with Crippen molar-refractivity contribution in [2.24, 2.45) is 10.8 Å². The number of hydrogen-bond donors (Lipinski definition) is 4. The number of anilines is 1. The molecule has 2 heterocycles. The maximum atomic E-state index is 11.5. The number of hydrogen-bond acceptors (Lipinski definition) is 7. The van der Waals surface area contributed by atoms with E-state index in [1.165, 1.54) is 0 Å². The van der Waals surface area contributed by atoms with Gasteiger partial charge in [0.25, 0.3) is 5.91 Å². The maximum absolute atomic E-state index is 11.5. The first-order valence-electron chi connectivity index (χ1n) is 8.87. The number of nitrogens with one attached hydrogen (secondary N) is 3. The van der Waals surface area contributed by atoms with Gasteiger partial charge < -0.3 is 10.6 Å². The highest BCUT2D eigenvalue weighted by Gasteiger charge is 2.08. The molecule has 0 saturated carbocycles. The average Bonchev–Trinajstić information content (AvgIpc) is 3.41. The zero-order chi connectivity index (χ0) is 19.3. The first kappa shape index (κ1) is 17.7. The maximum Gasteiger partial charge on any atom is 0.265 e. The van der Waals surface area contributed by atoms with E-state index in [4.69, 9.17) is 5.84 Å². The standard InChI is InChI=1S/C19H20N8O/c20-24-18(28)15-3-1-13(2-4-15)11-27-12-17(25-26-27)14-5-7-16(8-6-14)23-19-21-9-10-22-19/h1-8,12H,9-11,20H2,(H,24,28)(H2,21,22,23). The molecule has 5 N–H and O–H groups in total. The smallest absolute Gasteiger partial charge is 0.265 e. The van der Waals surface area contributed by atoms with Gasteiger partial charge >= 0.3 is 0 Å². The molecule has 0 radical (unpaired) electrons. The lowest BCUT2D eigenvalue weighted by Crippen LogP contribution is -2.29. The molecule has 0 atom stereocenters. The van der Waals surface area contributed by atoms with E-state index in [-0.39, 0.29) is 5.91 Å². The van der Waals surface area contributed by atoms with Crippen LogP contribution in [-0.4, -0.2) is 40.0 Å². The Labute approximate surface area is 161 Å². The lowest BCUT2D eigenvalue weighted by molar-refractivity contribution is 0.0953. The molecule has 4 rings (SSSR count). The zero-order valence-corrected chi connectivity index (χ0v) is 15.1. The van der Waals surface area contributed by atoms with Crippen LogP contribution in [0, 0.1) is 0 Å². The monoisotopic (exact) mass is 376 g/mol. The molecule has 28 heavy (non-hydrogen) atoms. The summed E-state index contributed by atoms with van der Waals surface area (Å²) in [6.07, 6.45) is 1.89. The van der Waals surface area contributed by atoms with E-state index in [0.717, 1.165) is 41.6 Å². The Morgan fingerprint density at radius 2 is 1.93 bits per heavy atom. The highest BCUT2D eigenvalue weighted by molar-refractivity contribution is 5.95.